The Morgan fingerprint density at radius 1 is 1.40 bits per heavy atom. The van der Waals surface area contributed by atoms with Crippen LogP contribution in [0.2, 0.25) is 0 Å². The second-order valence-electron chi connectivity index (χ2n) is 6.63. The van der Waals surface area contributed by atoms with E-state index >= 15 is 0 Å². The van der Waals surface area contributed by atoms with Gasteiger partial charge in [-0.3, -0.25) is 9.88 Å². The molecule has 2 aliphatic rings. The molecule has 8 heteroatoms. The lowest BCUT2D eigenvalue weighted by atomic mass is 9.90. The van der Waals surface area contributed by atoms with Gasteiger partial charge >= 0.3 is 0 Å². The summed E-state index contributed by atoms with van der Waals surface area (Å²) in [6, 6.07) is 0. The maximum Gasteiger partial charge on any atom is 0.259 e. The highest BCUT2D eigenvalue weighted by molar-refractivity contribution is 7.09. The second kappa shape index (κ2) is 7.49. The van der Waals surface area contributed by atoms with Gasteiger partial charge < -0.3 is 14.0 Å². The number of piperidine rings is 1. The molecule has 136 valence electrons. The largest absolute Gasteiger partial charge is 0.370 e. The Morgan fingerprint density at radius 2 is 2.28 bits per heavy atom. The third kappa shape index (κ3) is 3.62. The zero-order valence-electron chi connectivity index (χ0n) is 14.5. The molecule has 2 aliphatic heterocycles. The smallest absolute Gasteiger partial charge is 0.259 e. The first-order valence-corrected chi connectivity index (χ1v) is 9.86. The zero-order valence-corrected chi connectivity index (χ0v) is 15.3. The first-order chi connectivity index (χ1) is 12.3. The van der Waals surface area contributed by atoms with Gasteiger partial charge in [0.1, 0.15) is 11.7 Å². The first-order valence-electron chi connectivity index (χ1n) is 8.98. The van der Waals surface area contributed by atoms with Crippen molar-refractivity contribution in [3.8, 4) is 0 Å². The van der Waals surface area contributed by atoms with Crippen LogP contribution >= 0.6 is 11.3 Å². The van der Waals surface area contributed by atoms with Gasteiger partial charge in [0.15, 0.2) is 0 Å². The van der Waals surface area contributed by atoms with Crippen molar-refractivity contribution in [1.29, 1.82) is 0 Å². The minimum atomic E-state index is -0.469. The van der Waals surface area contributed by atoms with E-state index in [1.165, 1.54) is 4.88 Å². The lowest BCUT2D eigenvalue weighted by Crippen LogP contribution is -2.44. The quantitative estimate of drug-likeness (QED) is 0.780. The highest BCUT2D eigenvalue weighted by Gasteiger charge is 2.42. The summed E-state index contributed by atoms with van der Waals surface area (Å²) in [6.45, 7) is 6.25. The third-order valence-electron chi connectivity index (χ3n) is 5.00. The third-order valence-corrected chi connectivity index (χ3v) is 5.76. The molecule has 0 aromatic carbocycles. The summed E-state index contributed by atoms with van der Waals surface area (Å²) in [5.74, 6) is 1.27. The highest BCUT2D eigenvalue weighted by atomic mass is 32.1. The summed E-state index contributed by atoms with van der Waals surface area (Å²) >= 11 is 1.70. The van der Waals surface area contributed by atoms with Gasteiger partial charge in [-0.05, 0) is 32.6 Å². The zero-order chi connectivity index (χ0) is 17.1. The van der Waals surface area contributed by atoms with Crippen molar-refractivity contribution in [3.05, 3.63) is 28.3 Å². The molecule has 0 radical (unpaired) electrons. The lowest BCUT2D eigenvalue weighted by molar-refractivity contribution is -0.104. The number of thiazole rings is 1. The molecule has 2 fully saturated rings. The van der Waals surface area contributed by atoms with E-state index in [0.717, 1.165) is 51.9 Å². The lowest BCUT2D eigenvalue weighted by Gasteiger charge is -2.38. The molecule has 0 N–H and O–H groups in total. The van der Waals surface area contributed by atoms with Crippen LogP contribution < -0.4 is 0 Å². The number of aromatic nitrogens is 3. The van der Waals surface area contributed by atoms with Crippen LogP contribution in [0.5, 0.6) is 0 Å². The van der Waals surface area contributed by atoms with E-state index in [1.54, 1.807) is 11.3 Å². The molecular formula is C17H24N4O3S. The molecule has 25 heavy (non-hydrogen) atoms. The van der Waals surface area contributed by atoms with Crippen molar-refractivity contribution in [1.82, 2.24) is 20.0 Å². The van der Waals surface area contributed by atoms with Crippen molar-refractivity contribution in [2.24, 2.45) is 0 Å². The average Bonchev–Trinajstić information content (AvgIpc) is 3.39. The van der Waals surface area contributed by atoms with Crippen LogP contribution in [0.1, 0.15) is 55.3 Å². The molecule has 2 aromatic heterocycles. The van der Waals surface area contributed by atoms with Crippen LogP contribution in [0, 0.1) is 0 Å². The Balaban J connectivity index is 1.45. The van der Waals surface area contributed by atoms with E-state index in [-0.39, 0.29) is 6.10 Å². The Hall–Kier alpha value is -1.35. The summed E-state index contributed by atoms with van der Waals surface area (Å²) < 4.78 is 17.4. The first kappa shape index (κ1) is 17.1. The van der Waals surface area contributed by atoms with Gasteiger partial charge in [0.25, 0.3) is 5.89 Å². The SMILES string of the molecule is CCOC1(c2nc([C@H]3CCCO3)no2)CCN(Cc2cncs2)CC1. The second-order valence-corrected chi connectivity index (χ2v) is 7.60. The Kier molecular flexibility index (Phi) is 5.12. The van der Waals surface area contributed by atoms with E-state index < -0.39 is 5.60 Å². The van der Waals surface area contributed by atoms with Crippen LogP contribution in [0.3, 0.4) is 0 Å². The molecule has 7 nitrogen and oxygen atoms in total. The topological polar surface area (TPSA) is 73.5 Å². The van der Waals surface area contributed by atoms with Gasteiger partial charge in [0.2, 0.25) is 5.82 Å². The van der Waals surface area contributed by atoms with Crippen molar-refractivity contribution >= 4 is 11.3 Å². The number of hydrogen-bond donors (Lipinski definition) is 0. The van der Waals surface area contributed by atoms with Gasteiger partial charge in [-0.2, -0.15) is 4.98 Å². The maximum atomic E-state index is 6.14. The van der Waals surface area contributed by atoms with Crippen LogP contribution in [-0.2, 0) is 21.6 Å². The van der Waals surface area contributed by atoms with E-state index in [9.17, 15) is 0 Å². The van der Waals surface area contributed by atoms with Crippen LogP contribution in [0.25, 0.3) is 0 Å². The summed E-state index contributed by atoms with van der Waals surface area (Å²) in [4.78, 5) is 12.5. The molecule has 0 bridgehead atoms. The fourth-order valence-electron chi connectivity index (χ4n) is 3.64. The van der Waals surface area contributed by atoms with Gasteiger partial charge in [0.05, 0.1) is 5.51 Å². The molecule has 2 aromatic rings. The fraction of sp³-hybridized carbons (Fsp3) is 0.706. The average molecular weight is 364 g/mol. The minimum absolute atomic E-state index is 0.0254. The van der Waals surface area contributed by atoms with Crippen LogP contribution in [0.4, 0.5) is 0 Å². The van der Waals surface area contributed by atoms with Gasteiger partial charge in [0, 0.05) is 43.9 Å². The number of nitrogens with zero attached hydrogens (tertiary/aromatic N) is 4. The minimum Gasteiger partial charge on any atom is -0.370 e. The van der Waals surface area contributed by atoms with Crippen molar-refractivity contribution in [3.63, 3.8) is 0 Å². The summed E-state index contributed by atoms with van der Waals surface area (Å²) in [7, 11) is 0. The van der Waals surface area contributed by atoms with Gasteiger partial charge in [-0.15, -0.1) is 11.3 Å². The predicted octanol–water partition coefficient (Wildman–Crippen LogP) is 2.91. The molecule has 0 spiro atoms. The number of rotatable bonds is 6. The van der Waals surface area contributed by atoms with E-state index in [0.29, 0.717) is 18.3 Å². The molecule has 0 unspecified atom stereocenters. The Morgan fingerprint density at radius 3 is 2.96 bits per heavy atom. The summed E-state index contributed by atoms with van der Waals surface area (Å²) in [5.41, 5.74) is 1.41. The number of ether oxygens (including phenoxy) is 2. The van der Waals surface area contributed by atoms with Crippen molar-refractivity contribution in [2.75, 3.05) is 26.3 Å². The molecular weight excluding hydrogens is 340 g/mol. The van der Waals surface area contributed by atoms with Gasteiger partial charge in [-0.25, -0.2) is 0 Å². The Bertz CT molecular complexity index is 661. The van der Waals surface area contributed by atoms with E-state index in [4.69, 9.17) is 14.0 Å². The highest BCUT2D eigenvalue weighted by Crippen LogP contribution is 2.37. The molecule has 1 atom stereocenters. The van der Waals surface area contributed by atoms with E-state index in [2.05, 4.69) is 20.0 Å². The molecule has 4 rings (SSSR count). The molecule has 0 saturated carbocycles. The standard InChI is InChI=1S/C17H24N4O3S/c1-2-23-17(16-19-15(20-24-16)14-4-3-9-22-14)5-7-21(8-6-17)11-13-10-18-12-25-13/h10,12,14H,2-9,11H2,1H3/t14-/m1/s1. The number of likely N-dealkylation sites (tertiary alicyclic amines) is 1. The Labute approximate surface area is 151 Å². The maximum absolute atomic E-state index is 6.14. The molecule has 0 amide bonds. The van der Waals surface area contributed by atoms with E-state index in [1.807, 2.05) is 18.6 Å². The summed E-state index contributed by atoms with van der Waals surface area (Å²) in [6.07, 6.45) is 5.64. The molecule has 0 aliphatic carbocycles. The predicted molar refractivity (Wildman–Crippen MR) is 92.2 cm³/mol. The monoisotopic (exact) mass is 364 g/mol. The molecule has 2 saturated heterocycles. The van der Waals surface area contributed by atoms with Gasteiger partial charge in [-0.1, -0.05) is 5.16 Å². The van der Waals surface area contributed by atoms with Crippen LogP contribution in [-0.4, -0.2) is 46.3 Å². The molecule has 4 heterocycles. The van der Waals surface area contributed by atoms with Crippen molar-refractivity contribution in [2.45, 2.75) is 50.9 Å². The fourth-order valence-corrected chi connectivity index (χ4v) is 4.28. The van der Waals surface area contributed by atoms with Crippen molar-refractivity contribution < 1.29 is 14.0 Å². The van der Waals surface area contributed by atoms with Crippen LogP contribution in [0.15, 0.2) is 16.2 Å². The summed E-state index contributed by atoms with van der Waals surface area (Å²) in [5, 5.41) is 4.17. The normalized spacial score (nSPS) is 24.0. The number of hydrogen-bond acceptors (Lipinski definition) is 8.